The van der Waals surface area contributed by atoms with Crippen molar-refractivity contribution in [1.82, 2.24) is 4.90 Å². The molecule has 1 aliphatic rings. The van der Waals surface area contributed by atoms with Crippen molar-refractivity contribution >= 4 is 11.6 Å². The zero-order valence-electron chi connectivity index (χ0n) is 14.3. The largest absolute Gasteiger partial charge is 0.489 e. The van der Waals surface area contributed by atoms with Crippen molar-refractivity contribution < 1.29 is 24.3 Å². The Balaban J connectivity index is 1.97. The molecule has 8 heteroatoms. The first kappa shape index (κ1) is 17.7. The molecule has 3 rings (SSSR count). The normalized spacial score (nSPS) is 15.6. The van der Waals surface area contributed by atoms with Crippen molar-refractivity contribution in [3.05, 3.63) is 57.6 Å². The Labute approximate surface area is 149 Å². The maximum absolute atomic E-state index is 11.9. The Morgan fingerprint density at radius 3 is 2.58 bits per heavy atom. The zero-order chi connectivity index (χ0) is 18.8. The molecule has 0 radical (unpaired) electrons. The van der Waals surface area contributed by atoms with Gasteiger partial charge in [-0.15, -0.1) is 0 Å². The third-order valence-corrected chi connectivity index (χ3v) is 4.04. The van der Waals surface area contributed by atoms with E-state index in [1.165, 1.54) is 17.0 Å². The Morgan fingerprint density at radius 1 is 1.27 bits per heavy atom. The summed E-state index contributed by atoms with van der Waals surface area (Å²) in [5.74, 6) is 0.274. The molecule has 0 aromatic heterocycles. The molecule has 1 atom stereocenters. The number of rotatable bonds is 4. The van der Waals surface area contributed by atoms with Crippen LogP contribution < -0.4 is 9.47 Å². The SMILES string of the molecule is CN(C)C(=O)c1ccc(Oc2c([N+](=O)[O-])ccc3c2OCCC3O)cc1. The van der Waals surface area contributed by atoms with Gasteiger partial charge in [0.15, 0.2) is 5.75 Å². The Hall–Kier alpha value is -3.13. The fourth-order valence-electron chi connectivity index (χ4n) is 2.69. The van der Waals surface area contributed by atoms with Crippen LogP contribution in [0.3, 0.4) is 0 Å². The minimum absolute atomic E-state index is 0.0575. The Morgan fingerprint density at radius 2 is 1.96 bits per heavy atom. The van der Waals surface area contributed by atoms with Gasteiger partial charge in [0, 0.05) is 37.7 Å². The van der Waals surface area contributed by atoms with Gasteiger partial charge in [0.25, 0.3) is 5.91 Å². The van der Waals surface area contributed by atoms with Crippen LogP contribution in [0.15, 0.2) is 36.4 Å². The van der Waals surface area contributed by atoms with Crippen LogP contribution in [-0.2, 0) is 0 Å². The molecule has 1 unspecified atom stereocenters. The lowest BCUT2D eigenvalue weighted by Crippen LogP contribution is -2.21. The molecular weight excluding hydrogens is 340 g/mol. The van der Waals surface area contributed by atoms with Crippen molar-refractivity contribution in [3.63, 3.8) is 0 Å². The highest BCUT2D eigenvalue weighted by molar-refractivity contribution is 5.93. The van der Waals surface area contributed by atoms with E-state index in [1.807, 2.05) is 0 Å². The van der Waals surface area contributed by atoms with E-state index in [9.17, 15) is 20.0 Å². The molecule has 0 saturated heterocycles. The van der Waals surface area contributed by atoms with E-state index < -0.39 is 11.0 Å². The average Bonchev–Trinajstić information content (AvgIpc) is 2.62. The first-order valence-corrected chi connectivity index (χ1v) is 8.00. The molecule has 0 saturated carbocycles. The molecule has 2 aromatic carbocycles. The van der Waals surface area contributed by atoms with Crippen molar-refractivity contribution in [3.8, 4) is 17.2 Å². The molecule has 136 valence electrons. The van der Waals surface area contributed by atoms with Gasteiger partial charge in [-0.1, -0.05) is 0 Å². The Kier molecular flexibility index (Phi) is 4.77. The monoisotopic (exact) mass is 358 g/mol. The van der Waals surface area contributed by atoms with Gasteiger partial charge in [-0.25, -0.2) is 0 Å². The number of nitro groups is 1. The summed E-state index contributed by atoms with van der Waals surface area (Å²) < 4.78 is 11.2. The summed E-state index contributed by atoms with van der Waals surface area (Å²) in [6, 6.07) is 9.03. The van der Waals surface area contributed by atoms with Crippen LogP contribution >= 0.6 is 0 Å². The van der Waals surface area contributed by atoms with E-state index in [-0.39, 0.29) is 29.7 Å². The molecule has 0 aliphatic carbocycles. The second kappa shape index (κ2) is 7.01. The second-order valence-corrected chi connectivity index (χ2v) is 6.07. The predicted molar refractivity (Wildman–Crippen MR) is 92.7 cm³/mol. The fourth-order valence-corrected chi connectivity index (χ4v) is 2.69. The van der Waals surface area contributed by atoms with E-state index in [4.69, 9.17) is 9.47 Å². The van der Waals surface area contributed by atoms with Gasteiger partial charge in [0.1, 0.15) is 5.75 Å². The molecule has 2 aromatic rings. The topological polar surface area (TPSA) is 102 Å². The average molecular weight is 358 g/mol. The molecule has 8 nitrogen and oxygen atoms in total. The van der Waals surface area contributed by atoms with Gasteiger partial charge >= 0.3 is 5.69 Å². The van der Waals surface area contributed by atoms with E-state index in [0.717, 1.165) is 0 Å². The van der Waals surface area contributed by atoms with Crippen molar-refractivity contribution in [2.75, 3.05) is 20.7 Å². The van der Waals surface area contributed by atoms with Gasteiger partial charge in [0.2, 0.25) is 5.75 Å². The number of fused-ring (bicyclic) bond motifs is 1. The number of amides is 1. The maximum Gasteiger partial charge on any atom is 0.315 e. The van der Waals surface area contributed by atoms with Gasteiger partial charge in [-0.2, -0.15) is 0 Å². The van der Waals surface area contributed by atoms with E-state index in [2.05, 4.69) is 0 Å². The van der Waals surface area contributed by atoms with E-state index in [0.29, 0.717) is 23.3 Å². The van der Waals surface area contributed by atoms with Crippen LogP contribution in [0.4, 0.5) is 5.69 Å². The van der Waals surface area contributed by atoms with E-state index >= 15 is 0 Å². The standard InChI is InChI=1S/C18H18N2O6/c1-19(2)18(22)11-3-5-12(6-4-11)26-17-14(20(23)24)8-7-13-15(21)9-10-25-16(13)17/h3-8,15,21H,9-10H2,1-2H3. The van der Waals surface area contributed by atoms with Crippen LogP contribution in [0, 0.1) is 10.1 Å². The van der Waals surface area contributed by atoms with Crippen LogP contribution in [0.5, 0.6) is 17.2 Å². The minimum Gasteiger partial charge on any atom is -0.489 e. The summed E-state index contributed by atoms with van der Waals surface area (Å²) in [7, 11) is 3.30. The van der Waals surface area contributed by atoms with Gasteiger partial charge in [-0.3, -0.25) is 14.9 Å². The number of aliphatic hydroxyl groups is 1. The van der Waals surface area contributed by atoms with Gasteiger partial charge < -0.3 is 19.5 Å². The number of benzene rings is 2. The summed E-state index contributed by atoms with van der Waals surface area (Å²) in [5, 5.41) is 21.4. The third-order valence-electron chi connectivity index (χ3n) is 4.04. The number of ether oxygens (including phenoxy) is 2. The van der Waals surface area contributed by atoms with Crippen LogP contribution in [-0.4, -0.2) is 41.5 Å². The summed E-state index contributed by atoms with van der Waals surface area (Å²) >= 11 is 0. The Bertz CT molecular complexity index is 848. The number of nitro benzene ring substituents is 1. The predicted octanol–water partition coefficient (Wildman–Crippen LogP) is 2.90. The number of hydrogen-bond acceptors (Lipinski definition) is 6. The molecule has 1 amide bonds. The molecule has 26 heavy (non-hydrogen) atoms. The molecule has 0 fully saturated rings. The maximum atomic E-state index is 11.9. The minimum atomic E-state index is -0.762. The highest BCUT2D eigenvalue weighted by atomic mass is 16.6. The van der Waals surface area contributed by atoms with Crippen molar-refractivity contribution in [2.45, 2.75) is 12.5 Å². The number of carbonyl (C=O) groups is 1. The molecule has 1 N–H and O–H groups in total. The van der Waals surface area contributed by atoms with Crippen LogP contribution in [0.1, 0.15) is 28.4 Å². The molecule has 0 bridgehead atoms. The highest BCUT2D eigenvalue weighted by Crippen LogP contribution is 2.46. The lowest BCUT2D eigenvalue weighted by molar-refractivity contribution is -0.385. The lowest BCUT2D eigenvalue weighted by Gasteiger charge is -2.24. The number of hydrogen-bond donors (Lipinski definition) is 1. The van der Waals surface area contributed by atoms with E-state index in [1.54, 1.807) is 38.4 Å². The second-order valence-electron chi connectivity index (χ2n) is 6.07. The summed E-state index contributed by atoms with van der Waals surface area (Å²) in [4.78, 5) is 24.2. The number of carbonyl (C=O) groups excluding carboxylic acids is 1. The molecule has 1 heterocycles. The smallest absolute Gasteiger partial charge is 0.315 e. The summed E-state index contributed by atoms with van der Waals surface area (Å²) in [6.07, 6.45) is -0.354. The fraction of sp³-hybridized carbons (Fsp3) is 0.278. The molecule has 1 aliphatic heterocycles. The third kappa shape index (κ3) is 3.31. The molecule has 0 spiro atoms. The van der Waals surface area contributed by atoms with Gasteiger partial charge in [0.05, 0.1) is 17.6 Å². The molecular formula is C18H18N2O6. The lowest BCUT2D eigenvalue weighted by atomic mass is 10.0. The number of aliphatic hydroxyl groups excluding tert-OH is 1. The van der Waals surface area contributed by atoms with Crippen LogP contribution in [0.25, 0.3) is 0 Å². The zero-order valence-corrected chi connectivity index (χ0v) is 14.3. The highest BCUT2D eigenvalue weighted by Gasteiger charge is 2.30. The van der Waals surface area contributed by atoms with Crippen LogP contribution in [0.2, 0.25) is 0 Å². The first-order valence-electron chi connectivity index (χ1n) is 8.00. The summed E-state index contributed by atoms with van der Waals surface area (Å²) in [5.41, 5.74) is 0.668. The quantitative estimate of drug-likeness (QED) is 0.666. The summed E-state index contributed by atoms with van der Waals surface area (Å²) in [6.45, 7) is 0.238. The number of nitrogens with zero attached hydrogens (tertiary/aromatic N) is 2. The first-order chi connectivity index (χ1) is 12.4. The van der Waals surface area contributed by atoms with Crippen molar-refractivity contribution in [1.29, 1.82) is 0 Å². The van der Waals surface area contributed by atoms with Crippen molar-refractivity contribution in [2.24, 2.45) is 0 Å². The van der Waals surface area contributed by atoms with Gasteiger partial charge in [-0.05, 0) is 30.3 Å².